The molecular formula is C23H34N2O3. The lowest BCUT2D eigenvalue weighted by atomic mass is 9.91. The zero-order chi connectivity index (χ0) is 21.1. The standard InChI is InChI=1S/C23H34N2O3/c1-16(2)10-11-22(27)21(12-17(3)4)25-23(28)19(14-20(26)15-24)13-18-8-6-5-7-9-18/h5-9,17,19,21H,1,10-15,24H2,2-4H3,(H,25,28). The Balaban J connectivity index is 2.90. The van der Waals surface area contributed by atoms with Gasteiger partial charge in [0.15, 0.2) is 5.78 Å². The average Bonchev–Trinajstić information content (AvgIpc) is 2.65. The first-order valence-electron chi connectivity index (χ1n) is 9.96. The minimum absolute atomic E-state index is 0.00802. The largest absolute Gasteiger partial charge is 0.346 e. The van der Waals surface area contributed by atoms with Gasteiger partial charge in [-0.15, -0.1) is 6.58 Å². The fourth-order valence-corrected chi connectivity index (χ4v) is 3.06. The maximum Gasteiger partial charge on any atom is 0.224 e. The number of rotatable bonds is 13. The average molecular weight is 387 g/mol. The first-order valence-corrected chi connectivity index (χ1v) is 9.96. The highest BCUT2D eigenvalue weighted by molar-refractivity contribution is 5.92. The predicted molar refractivity (Wildman–Crippen MR) is 113 cm³/mol. The van der Waals surface area contributed by atoms with Gasteiger partial charge in [-0.1, -0.05) is 49.8 Å². The lowest BCUT2D eigenvalue weighted by Crippen LogP contribution is -2.45. The zero-order valence-corrected chi connectivity index (χ0v) is 17.4. The van der Waals surface area contributed by atoms with Crippen molar-refractivity contribution in [3.8, 4) is 0 Å². The van der Waals surface area contributed by atoms with E-state index in [1.165, 1.54) is 0 Å². The van der Waals surface area contributed by atoms with Gasteiger partial charge >= 0.3 is 0 Å². The van der Waals surface area contributed by atoms with Crippen molar-refractivity contribution in [2.45, 2.75) is 58.9 Å². The summed E-state index contributed by atoms with van der Waals surface area (Å²) in [6.45, 7) is 9.67. The SMILES string of the molecule is C=C(C)CCC(=O)C(CC(C)C)NC(=O)C(CC(=O)CN)Cc1ccccc1. The van der Waals surface area contributed by atoms with Crippen LogP contribution in [0, 0.1) is 11.8 Å². The van der Waals surface area contributed by atoms with Gasteiger partial charge in [-0.2, -0.15) is 0 Å². The summed E-state index contributed by atoms with van der Waals surface area (Å²) < 4.78 is 0. The van der Waals surface area contributed by atoms with Crippen LogP contribution in [0.3, 0.4) is 0 Å². The molecule has 28 heavy (non-hydrogen) atoms. The monoisotopic (exact) mass is 386 g/mol. The molecule has 2 unspecified atom stereocenters. The van der Waals surface area contributed by atoms with Gasteiger partial charge in [-0.05, 0) is 37.7 Å². The van der Waals surface area contributed by atoms with Crippen LogP contribution in [-0.2, 0) is 20.8 Å². The van der Waals surface area contributed by atoms with Crippen molar-refractivity contribution >= 4 is 17.5 Å². The van der Waals surface area contributed by atoms with Crippen molar-refractivity contribution in [2.24, 2.45) is 17.6 Å². The highest BCUT2D eigenvalue weighted by Crippen LogP contribution is 2.16. The Morgan fingerprint density at radius 3 is 2.29 bits per heavy atom. The number of hydrogen-bond acceptors (Lipinski definition) is 4. The summed E-state index contributed by atoms with van der Waals surface area (Å²) in [6, 6.07) is 9.02. The molecular weight excluding hydrogens is 352 g/mol. The number of ketones is 2. The molecule has 3 N–H and O–H groups in total. The summed E-state index contributed by atoms with van der Waals surface area (Å²) in [5.74, 6) is -0.696. The van der Waals surface area contributed by atoms with Gasteiger partial charge < -0.3 is 11.1 Å². The first-order chi connectivity index (χ1) is 13.2. The molecule has 0 aliphatic rings. The van der Waals surface area contributed by atoms with Gasteiger partial charge in [0.2, 0.25) is 5.91 Å². The van der Waals surface area contributed by atoms with Crippen molar-refractivity contribution in [1.29, 1.82) is 0 Å². The van der Waals surface area contributed by atoms with E-state index in [9.17, 15) is 14.4 Å². The van der Waals surface area contributed by atoms with Gasteiger partial charge in [0.25, 0.3) is 0 Å². The fraction of sp³-hybridized carbons (Fsp3) is 0.522. The quantitative estimate of drug-likeness (QED) is 0.509. The molecule has 1 aromatic rings. The van der Waals surface area contributed by atoms with E-state index in [2.05, 4.69) is 11.9 Å². The van der Waals surface area contributed by atoms with Crippen molar-refractivity contribution in [3.05, 3.63) is 48.0 Å². The lowest BCUT2D eigenvalue weighted by molar-refractivity contribution is -0.132. The van der Waals surface area contributed by atoms with Crippen molar-refractivity contribution in [2.75, 3.05) is 6.54 Å². The first kappa shape index (κ1) is 23.8. The summed E-state index contributed by atoms with van der Waals surface area (Å²) in [4.78, 5) is 37.5. The van der Waals surface area contributed by atoms with E-state index in [0.717, 1.165) is 11.1 Å². The van der Waals surface area contributed by atoms with Crippen LogP contribution in [0.5, 0.6) is 0 Å². The van der Waals surface area contributed by atoms with Crippen LogP contribution >= 0.6 is 0 Å². The van der Waals surface area contributed by atoms with Crippen molar-refractivity contribution < 1.29 is 14.4 Å². The number of nitrogens with two attached hydrogens (primary N) is 1. The van der Waals surface area contributed by atoms with Crippen LogP contribution in [0.15, 0.2) is 42.5 Å². The molecule has 1 aromatic carbocycles. The number of Topliss-reactive ketones (excluding diaryl/α,β-unsaturated/α-hetero) is 2. The number of hydrogen-bond donors (Lipinski definition) is 2. The Kier molecular flexibility index (Phi) is 10.4. The predicted octanol–water partition coefficient (Wildman–Crippen LogP) is 3.22. The molecule has 2 atom stereocenters. The number of allylic oxidation sites excluding steroid dienone is 1. The molecule has 0 saturated heterocycles. The van der Waals surface area contributed by atoms with Crippen LogP contribution in [-0.4, -0.2) is 30.1 Å². The van der Waals surface area contributed by atoms with E-state index in [-0.39, 0.29) is 36.4 Å². The molecule has 0 heterocycles. The van der Waals surface area contributed by atoms with Crippen molar-refractivity contribution in [1.82, 2.24) is 5.32 Å². The van der Waals surface area contributed by atoms with Crippen LogP contribution in [0.4, 0.5) is 0 Å². The van der Waals surface area contributed by atoms with Crippen LogP contribution in [0.25, 0.3) is 0 Å². The molecule has 0 radical (unpaired) electrons. The van der Waals surface area contributed by atoms with Crippen LogP contribution in [0.2, 0.25) is 0 Å². The molecule has 0 aliphatic heterocycles. The Hall–Kier alpha value is -2.27. The Labute approximate surface area is 168 Å². The molecule has 0 fully saturated rings. The number of benzene rings is 1. The molecule has 1 amide bonds. The van der Waals surface area contributed by atoms with E-state index < -0.39 is 12.0 Å². The number of carbonyl (C=O) groups is 3. The highest BCUT2D eigenvalue weighted by atomic mass is 16.2. The summed E-state index contributed by atoms with van der Waals surface area (Å²) in [7, 11) is 0. The van der Waals surface area contributed by atoms with E-state index >= 15 is 0 Å². The van der Waals surface area contributed by atoms with E-state index in [4.69, 9.17) is 5.73 Å². The minimum atomic E-state index is -0.543. The molecule has 1 rings (SSSR count). The third-order valence-electron chi connectivity index (χ3n) is 4.61. The second-order valence-electron chi connectivity index (χ2n) is 7.95. The summed E-state index contributed by atoms with van der Waals surface area (Å²) in [5, 5.41) is 2.91. The summed E-state index contributed by atoms with van der Waals surface area (Å²) >= 11 is 0. The zero-order valence-electron chi connectivity index (χ0n) is 17.4. The van der Waals surface area contributed by atoms with Crippen molar-refractivity contribution in [3.63, 3.8) is 0 Å². The van der Waals surface area contributed by atoms with E-state index in [1.54, 1.807) is 0 Å². The third kappa shape index (κ3) is 9.09. The summed E-state index contributed by atoms with van der Waals surface area (Å²) in [5.41, 5.74) is 7.37. The molecule has 0 spiro atoms. The Morgan fingerprint density at radius 1 is 1.11 bits per heavy atom. The molecule has 5 heteroatoms. The molecule has 0 aliphatic carbocycles. The number of nitrogens with one attached hydrogen (secondary N) is 1. The Morgan fingerprint density at radius 2 is 1.75 bits per heavy atom. The maximum absolute atomic E-state index is 13.0. The van der Waals surface area contributed by atoms with Gasteiger partial charge in [-0.3, -0.25) is 14.4 Å². The summed E-state index contributed by atoms with van der Waals surface area (Å²) in [6.07, 6.45) is 2.06. The second-order valence-corrected chi connectivity index (χ2v) is 7.95. The van der Waals surface area contributed by atoms with Crippen LogP contribution in [0.1, 0.15) is 52.0 Å². The maximum atomic E-state index is 13.0. The normalized spacial score (nSPS) is 13.0. The van der Waals surface area contributed by atoms with Gasteiger partial charge in [0, 0.05) is 18.8 Å². The second kappa shape index (κ2) is 12.2. The van der Waals surface area contributed by atoms with Gasteiger partial charge in [-0.25, -0.2) is 0 Å². The molecule has 0 saturated carbocycles. The number of amides is 1. The van der Waals surface area contributed by atoms with Gasteiger partial charge in [0.1, 0.15) is 5.78 Å². The van der Waals surface area contributed by atoms with Gasteiger partial charge in [0.05, 0.1) is 12.6 Å². The minimum Gasteiger partial charge on any atom is -0.346 e. The molecule has 0 aromatic heterocycles. The molecule has 0 bridgehead atoms. The van der Waals surface area contributed by atoms with E-state index in [1.807, 2.05) is 51.1 Å². The lowest BCUT2D eigenvalue weighted by Gasteiger charge is -2.23. The molecule has 5 nitrogen and oxygen atoms in total. The Bertz CT molecular complexity index is 668. The van der Waals surface area contributed by atoms with E-state index in [0.29, 0.717) is 25.7 Å². The smallest absolute Gasteiger partial charge is 0.224 e. The fourth-order valence-electron chi connectivity index (χ4n) is 3.06. The topological polar surface area (TPSA) is 89.3 Å². The number of carbonyl (C=O) groups excluding carboxylic acids is 3. The molecule has 154 valence electrons. The van der Waals surface area contributed by atoms with Crippen LogP contribution < -0.4 is 11.1 Å². The third-order valence-corrected chi connectivity index (χ3v) is 4.61. The highest BCUT2D eigenvalue weighted by Gasteiger charge is 2.27.